The van der Waals surface area contributed by atoms with Gasteiger partial charge >= 0.3 is 35.5 Å². The Morgan fingerprint density at radius 1 is 1.75 bits per heavy atom. The monoisotopic (exact) mass is 181 g/mol. The second-order valence-corrected chi connectivity index (χ2v) is 2.11. The van der Waals surface area contributed by atoms with Crippen molar-refractivity contribution in [2.45, 2.75) is 13.0 Å². The smallest absolute Gasteiger partial charge is 1.00 e. The largest absolute Gasteiger partial charge is 1.00 e. The Labute approximate surface area is 94.8 Å². The first-order chi connectivity index (χ1) is 5.07. The van der Waals surface area contributed by atoms with Crippen molar-refractivity contribution in [3.63, 3.8) is 0 Å². The normalized spacial score (nSPS) is 11.1. The zero-order valence-electron chi connectivity index (χ0n) is 8.33. The van der Waals surface area contributed by atoms with Crippen LogP contribution in [-0.2, 0) is 9.59 Å². The van der Waals surface area contributed by atoms with Crippen LogP contribution in [0, 0.1) is 0 Å². The Hall–Kier alpha value is -0.160. The molecule has 0 aliphatic rings. The van der Waals surface area contributed by atoms with Crippen LogP contribution in [0.2, 0.25) is 0 Å². The van der Waals surface area contributed by atoms with Gasteiger partial charge < -0.3 is 6.53 Å². The third kappa shape index (κ3) is 6.54. The first-order valence-corrected chi connectivity index (χ1v) is 3.19. The number of nitrogens with one attached hydrogen (secondary N) is 1. The molecule has 64 valence electrons. The minimum absolute atomic E-state index is 0. The van der Waals surface area contributed by atoms with Crippen molar-refractivity contribution >= 4 is 11.8 Å². The van der Waals surface area contributed by atoms with Crippen LogP contribution in [0.5, 0.6) is 0 Å². The molecule has 1 unspecified atom stereocenters. The third-order valence-corrected chi connectivity index (χ3v) is 1.18. The Kier molecular flexibility index (Phi) is 8.97. The van der Waals surface area contributed by atoms with Crippen molar-refractivity contribution in [1.82, 2.24) is 5.32 Å². The van der Waals surface area contributed by atoms with Gasteiger partial charge in [-0.25, -0.2) is 0 Å². The molecule has 0 rings (SSSR count). The summed E-state index contributed by atoms with van der Waals surface area (Å²) in [6.45, 7) is 4.74. The topological polar surface area (TPSA) is 66.4 Å². The second kappa shape index (κ2) is 7.49. The molecular weight excluding hydrogens is 169 g/mol. The van der Waals surface area contributed by atoms with Crippen LogP contribution in [0.3, 0.4) is 0 Å². The molecule has 0 amide bonds. The Balaban J connectivity index is -0.000000500. The first kappa shape index (κ1) is 14.4. The van der Waals surface area contributed by atoms with E-state index in [4.69, 9.17) is 5.11 Å². The number of carboxylic acid groups (broad SMARTS) is 1. The van der Waals surface area contributed by atoms with E-state index >= 15 is 0 Å². The Morgan fingerprint density at radius 2 is 2.25 bits per heavy atom. The van der Waals surface area contributed by atoms with Gasteiger partial charge in [-0.15, -0.1) is 0 Å². The van der Waals surface area contributed by atoms with E-state index in [-0.39, 0.29) is 43.3 Å². The average Bonchev–Trinajstić information content (AvgIpc) is 1.99. The van der Waals surface area contributed by atoms with E-state index in [0.29, 0.717) is 0 Å². The molecule has 0 heterocycles. The molecule has 0 aromatic rings. The van der Waals surface area contributed by atoms with Crippen LogP contribution >= 0.6 is 0 Å². The zero-order chi connectivity index (χ0) is 8.85. The molecule has 2 N–H and O–H groups in total. The summed E-state index contributed by atoms with van der Waals surface area (Å²) in [6.07, 6.45) is 1.15. The van der Waals surface area contributed by atoms with Crippen molar-refractivity contribution in [2.75, 3.05) is 6.54 Å². The van der Waals surface area contributed by atoms with Gasteiger partial charge in [0, 0.05) is 0 Å². The molecule has 4 nitrogen and oxygen atoms in total. The maximum atomic E-state index is 10.6. The molecule has 0 saturated heterocycles. The summed E-state index contributed by atoms with van der Waals surface area (Å²) in [5.41, 5.74) is 0. The molecule has 0 aliphatic heterocycles. The van der Waals surface area contributed by atoms with E-state index in [1.165, 1.54) is 6.92 Å². The minimum Gasteiger partial charge on any atom is -1.00 e. The van der Waals surface area contributed by atoms with Crippen molar-refractivity contribution in [2.24, 2.45) is 0 Å². The van der Waals surface area contributed by atoms with Gasteiger partial charge in [-0.05, 0) is 13.0 Å². The van der Waals surface area contributed by atoms with Gasteiger partial charge in [-0.3, -0.25) is 14.9 Å². The van der Waals surface area contributed by atoms with Crippen LogP contribution in [0.25, 0.3) is 0 Å². The van der Waals surface area contributed by atoms with Crippen LogP contribution in [0.4, 0.5) is 0 Å². The zero-order valence-corrected chi connectivity index (χ0v) is 9.33. The third-order valence-electron chi connectivity index (χ3n) is 1.18. The number of aliphatic carboxylic acids is 1. The fourth-order valence-electron chi connectivity index (χ4n) is 0.413. The Morgan fingerprint density at radius 3 is 2.58 bits per heavy atom. The minimum atomic E-state index is -0.970. The maximum Gasteiger partial charge on any atom is 1.00 e. The van der Waals surface area contributed by atoms with Crippen LogP contribution in [0.1, 0.15) is 8.35 Å². The predicted molar refractivity (Wildman–Crippen MR) is 41.4 cm³/mol. The van der Waals surface area contributed by atoms with Crippen LogP contribution in [0.15, 0.2) is 12.7 Å². The molecule has 0 saturated carbocycles. The maximum absolute atomic E-state index is 10.6. The fourth-order valence-corrected chi connectivity index (χ4v) is 0.413. The summed E-state index contributed by atoms with van der Waals surface area (Å²) in [6, 6.07) is -0.695. The quantitative estimate of drug-likeness (QED) is 0.349. The summed E-state index contributed by atoms with van der Waals surface area (Å²) in [5, 5.41) is 10.9. The van der Waals surface area contributed by atoms with Gasteiger partial charge in [0.05, 0.1) is 6.54 Å². The van der Waals surface area contributed by atoms with Crippen molar-refractivity contribution in [3.8, 4) is 0 Å². The molecule has 1 atom stereocenters. The number of carbonyl (C=O) groups excluding carboxylic acids is 1. The van der Waals surface area contributed by atoms with Gasteiger partial charge in [0.15, 0.2) is 5.78 Å². The molecule has 0 aromatic heterocycles. The van der Waals surface area contributed by atoms with Gasteiger partial charge in [0.2, 0.25) is 0 Å². The van der Waals surface area contributed by atoms with Crippen LogP contribution in [-0.4, -0.2) is 29.4 Å². The van der Waals surface area contributed by atoms with Crippen molar-refractivity contribution in [3.05, 3.63) is 12.7 Å². The van der Waals surface area contributed by atoms with Crippen LogP contribution < -0.4 is 34.9 Å². The average molecular weight is 181 g/mol. The van der Waals surface area contributed by atoms with Gasteiger partial charge in [-0.1, -0.05) is 6.58 Å². The van der Waals surface area contributed by atoms with Crippen molar-refractivity contribution < 1.29 is 45.7 Å². The van der Waals surface area contributed by atoms with E-state index in [1.54, 1.807) is 0 Å². The van der Waals surface area contributed by atoms with E-state index in [2.05, 4.69) is 11.9 Å². The Bertz CT molecular complexity index is 187. The summed E-state index contributed by atoms with van der Waals surface area (Å²) in [4.78, 5) is 20.8. The van der Waals surface area contributed by atoms with Crippen molar-refractivity contribution in [1.29, 1.82) is 0 Å². The standard InChI is InChI=1S/C7H11NO3.Na.H/c1-3-6(9)4-8-5(2)7(10)11;;/h3,5,8H,1,4H2,2H3,(H,10,11);;/q;+1;-1. The fraction of sp³-hybridized carbons (Fsp3) is 0.429. The molecule has 12 heavy (non-hydrogen) atoms. The summed E-state index contributed by atoms with van der Waals surface area (Å²) >= 11 is 0. The number of ketones is 1. The molecule has 0 fully saturated rings. The van der Waals surface area contributed by atoms with Gasteiger partial charge in [0.1, 0.15) is 6.04 Å². The number of hydrogen-bond donors (Lipinski definition) is 2. The molecule has 0 aliphatic carbocycles. The summed E-state index contributed by atoms with van der Waals surface area (Å²) in [7, 11) is 0. The number of carboxylic acids is 1. The van der Waals surface area contributed by atoms with E-state index in [1.807, 2.05) is 0 Å². The molecule has 0 spiro atoms. The van der Waals surface area contributed by atoms with E-state index in [0.717, 1.165) is 6.08 Å². The van der Waals surface area contributed by atoms with E-state index < -0.39 is 12.0 Å². The number of rotatable bonds is 5. The SMILES string of the molecule is C=CC(=O)CNC(C)C(=O)O.[H-].[Na+]. The summed E-state index contributed by atoms with van der Waals surface area (Å²) < 4.78 is 0. The van der Waals surface area contributed by atoms with Gasteiger partial charge in [-0.2, -0.15) is 0 Å². The van der Waals surface area contributed by atoms with E-state index in [9.17, 15) is 9.59 Å². The molecular formula is C7H12NNaO3. The number of carbonyl (C=O) groups is 2. The summed E-state index contributed by atoms with van der Waals surface area (Å²) in [5.74, 6) is -1.18. The number of hydrogen-bond acceptors (Lipinski definition) is 3. The molecule has 0 bridgehead atoms. The predicted octanol–water partition coefficient (Wildman–Crippen LogP) is -3.08. The second-order valence-electron chi connectivity index (χ2n) is 2.11. The molecule has 5 heteroatoms. The molecule has 0 radical (unpaired) electrons. The van der Waals surface area contributed by atoms with Gasteiger partial charge in [0.25, 0.3) is 0 Å². The molecule has 0 aromatic carbocycles. The first-order valence-electron chi connectivity index (χ1n) is 3.19.